The van der Waals surface area contributed by atoms with Gasteiger partial charge in [-0.25, -0.2) is 0 Å². The molecule has 0 spiro atoms. The summed E-state index contributed by atoms with van der Waals surface area (Å²) in [4.78, 5) is 4.79. The maximum Gasteiger partial charge on any atom is 0.139 e. The Balaban J connectivity index is 0.842. The molecule has 15 aromatic rings. The van der Waals surface area contributed by atoms with Crippen molar-refractivity contribution in [1.29, 1.82) is 0 Å². The molecule has 0 unspecified atom stereocenters. The van der Waals surface area contributed by atoms with Gasteiger partial charge in [-0.05, 0) is 151 Å². The Morgan fingerprint density at radius 3 is 1.17 bits per heavy atom. The lowest BCUT2D eigenvalue weighted by molar-refractivity contribution is 0.656. The highest BCUT2D eigenvalue weighted by molar-refractivity contribution is 6.20. The second-order valence-electron chi connectivity index (χ2n) is 19.0. The van der Waals surface area contributed by atoms with Gasteiger partial charge < -0.3 is 27.8 Å². The monoisotopic (exact) mass is 926 g/mol. The van der Waals surface area contributed by atoms with Gasteiger partial charge in [0.1, 0.15) is 22.3 Å². The van der Waals surface area contributed by atoms with Gasteiger partial charge in [0.15, 0.2) is 0 Å². The van der Waals surface area contributed by atoms with Crippen molar-refractivity contribution in [2.45, 2.75) is 26.9 Å². The van der Waals surface area contributed by atoms with Crippen molar-refractivity contribution in [3.8, 4) is 0 Å². The topological polar surface area (TPSA) is 42.6 Å². The molecule has 0 fully saturated rings. The zero-order chi connectivity index (χ0) is 47.6. The number of nitrogens with zero attached hydrogens (tertiary/aromatic N) is 4. The summed E-state index contributed by atoms with van der Waals surface area (Å²) in [6.45, 7) is 6.23. The van der Waals surface area contributed by atoms with Gasteiger partial charge in [0.2, 0.25) is 0 Å². The molecule has 0 aliphatic rings. The van der Waals surface area contributed by atoms with Gasteiger partial charge in [-0.15, -0.1) is 0 Å². The van der Waals surface area contributed by atoms with E-state index in [0.29, 0.717) is 0 Å². The Kier molecular flexibility index (Phi) is 8.81. The van der Waals surface area contributed by atoms with Crippen LogP contribution in [0.2, 0.25) is 0 Å². The number of hydrogen-bond donors (Lipinski definition) is 0. The highest BCUT2D eigenvalue weighted by Gasteiger charge is 2.23. The van der Waals surface area contributed by atoms with Crippen LogP contribution in [0.4, 0.5) is 34.1 Å². The minimum atomic E-state index is 0.806. The zero-order valence-corrected chi connectivity index (χ0v) is 39.8. The predicted octanol–water partition coefficient (Wildman–Crippen LogP) is 19.0. The highest BCUT2D eigenvalue weighted by Crippen LogP contribution is 2.47. The highest BCUT2D eigenvalue weighted by atomic mass is 16.3. The van der Waals surface area contributed by atoms with E-state index in [1.807, 2.05) is 0 Å². The summed E-state index contributed by atoms with van der Waals surface area (Å²) < 4.78 is 18.3. The number of anilines is 6. The summed E-state index contributed by atoms with van der Waals surface area (Å²) in [6, 6.07) is 79.2. The molecular formula is C66H46N4O2. The van der Waals surface area contributed by atoms with Gasteiger partial charge in [-0.1, -0.05) is 97.1 Å². The Morgan fingerprint density at radius 2 is 0.708 bits per heavy atom. The molecule has 0 amide bonds. The fourth-order valence-electron chi connectivity index (χ4n) is 12.0. The minimum Gasteiger partial charge on any atom is -0.456 e. The molecule has 4 heterocycles. The molecule has 0 aliphatic carbocycles. The van der Waals surface area contributed by atoms with Crippen LogP contribution < -0.4 is 9.80 Å². The van der Waals surface area contributed by atoms with Crippen LogP contribution in [0.25, 0.3) is 109 Å². The first-order chi connectivity index (χ1) is 35.6. The van der Waals surface area contributed by atoms with E-state index in [0.717, 1.165) is 113 Å². The predicted molar refractivity (Wildman–Crippen MR) is 303 cm³/mol. The lowest BCUT2D eigenvalue weighted by Crippen LogP contribution is -2.10. The Hall–Kier alpha value is -9.26. The summed E-state index contributed by atoms with van der Waals surface area (Å²) in [5, 5.41) is 13.8. The molecule has 0 N–H and O–H groups in total. The first-order valence-corrected chi connectivity index (χ1v) is 25.0. The van der Waals surface area contributed by atoms with Crippen LogP contribution in [0.15, 0.2) is 227 Å². The van der Waals surface area contributed by atoms with E-state index in [4.69, 9.17) is 8.83 Å². The molecule has 0 atom stereocenters. The molecule has 0 bridgehead atoms. The maximum absolute atomic E-state index is 6.74. The van der Waals surface area contributed by atoms with Crippen molar-refractivity contribution in [3.05, 3.63) is 218 Å². The zero-order valence-electron chi connectivity index (χ0n) is 39.8. The molecule has 342 valence electrons. The lowest BCUT2D eigenvalue weighted by Gasteiger charge is -2.27. The van der Waals surface area contributed by atoms with Crippen LogP contribution in [0.3, 0.4) is 0 Å². The van der Waals surface area contributed by atoms with Crippen molar-refractivity contribution >= 4 is 143 Å². The standard InChI is InChI=1S/C66H46N4O2/c1-3-67-55-23-13-11-21-49(55)65-57(67)25-15-27-59(65)69(45-17-7-5-8-18-45)47-31-29-41-35-51-53-39-54-52-36-42-30-32-48(34-44(42)38-62(52)72-64(54)40-63(53)71-61(51)37-43(41)33-47)70(46-19-9-6-10-20-46)60-28-16-26-58-66(60)50-22-12-14-24-56(50)68(58)4-2/h5-40H,3-4H2,1-2H3. The van der Waals surface area contributed by atoms with E-state index in [1.165, 1.54) is 43.6 Å². The summed E-state index contributed by atoms with van der Waals surface area (Å²) in [6.07, 6.45) is 0. The SMILES string of the molecule is CCn1c2ccccc2c2c(N(c3ccccc3)c3ccc4cc5c(cc4c3)oc3cc4oc6cc7cc(N(c8ccccc8)c8cccc9c8c8ccccc8n9CC)ccc7cc6c4cc35)cccc21. The third-order valence-electron chi connectivity index (χ3n) is 15.2. The quantitative estimate of drug-likeness (QED) is 0.152. The van der Waals surface area contributed by atoms with Crippen molar-refractivity contribution in [2.24, 2.45) is 0 Å². The number of hydrogen-bond acceptors (Lipinski definition) is 4. The summed E-state index contributed by atoms with van der Waals surface area (Å²) >= 11 is 0. The smallest absolute Gasteiger partial charge is 0.139 e. The molecule has 15 rings (SSSR count). The molecule has 4 aromatic heterocycles. The first-order valence-electron chi connectivity index (χ1n) is 25.0. The van der Waals surface area contributed by atoms with E-state index in [1.54, 1.807) is 0 Å². The molecule has 6 heteroatoms. The number of benzene rings is 11. The molecule has 6 nitrogen and oxygen atoms in total. The van der Waals surface area contributed by atoms with E-state index >= 15 is 0 Å². The second-order valence-corrected chi connectivity index (χ2v) is 19.0. The van der Waals surface area contributed by atoms with Gasteiger partial charge in [0.25, 0.3) is 0 Å². The van der Waals surface area contributed by atoms with Gasteiger partial charge in [-0.3, -0.25) is 0 Å². The molecular weight excluding hydrogens is 881 g/mol. The Bertz CT molecular complexity index is 4380. The van der Waals surface area contributed by atoms with Crippen molar-refractivity contribution in [3.63, 3.8) is 0 Å². The lowest BCUT2D eigenvalue weighted by atomic mass is 10.0. The fraction of sp³-hybridized carbons (Fsp3) is 0.0606. The number of furan rings is 2. The average molecular weight is 927 g/mol. The van der Waals surface area contributed by atoms with Crippen LogP contribution in [0.1, 0.15) is 13.8 Å². The van der Waals surface area contributed by atoms with E-state index in [-0.39, 0.29) is 0 Å². The van der Waals surface area contributed by atoms with Crippen LogP contribution in [-0.4, -0.2) is 9.13 Å². The summed E-state index contributed by atoms with van der Waals surface area (Å²) in [5.41, 5.74) is 14.9. The van der Waals surface area contributed by atoms with Gasteiger partial charge in [0, 0.05) is 96.0 Å². The van der Waals surface area contributed by atoms with E-state index < -0.39 is 0 Å². The summed E-state index contributed by atoms with van der Waals surface area (Å²) in [7, 11) is 0. The van der Waals surface area contributed by atoms with Gasteiger partial charge in [0.05, 0.1) is 22.4 Å². The number of fused-ring (bicyclic) bond motifs is 14. The third kappa shape index (κ3) is 5.96. The van der Waals surface area contributed by atoms with Crippen molar-refractivity contribution in [2.75, 3.05) is 9.80 Å². The van der Waals surface area contributed by atoms with Crippen molar-refractivity contribution < 1.29 is 8.83 Å². The molecule has 72 heavy (non-hydrogen) atoms. The molecule has 0 radical (unpaired) electrons. The molecule has 0 saturated carbocycles. The van der Waals surface area contributed by atoms with Crippen LogP contribution in [0.5, 0.6) is 0 Å². The molecule has 0 saturated heterocycles. The largest absolute Gasteiger partial charge is 0.456 e. The summed E-state index contributed by atoms with van der Waals surface area (Å²) in [5.74, 6) is 0. The second kappa shape index (κ2) is 15.6. The maximum atomic E-state index is 6.74. The third-order valence-corrected chi connectivity index (χ3v) is 15.2. The fourth-order valence-corrected chi connectivity index (χ4v) is 12.0. The first kappa shape index (κ1) is 40.6. The Morgan fingerprint density at radius 1 is 0.306 bits per heavy atom. The van der Waals surface area contributed by atoms with Crippen LogP contribution in [-0.2, 0) is 13.1 Å². The van der Waals surface area contributed by atoms with Crippen molar-refractivity contribution in [1.82, 2.24) is 9.13 Å². The van der Waals surface area contributed by atoms with Gasteiger partial charge in [-0.2, -0.15) is 0 Å². The molecule has 0 aliphatic heterocycles. The number of rotatable bonds is 8. The van der Waals surface area contributed by atoms with Crippen LogP contribution >= 0.6 is 0 Å². The number of aromatic nitrogens is 2. The average Bonchev–Trinajstić information content (AvgIpc) is 4.16. The number of aryl methyl sites for hydroxylation is 2. The Labute approximate surface area is 414 Å². The van der Waals surface area contributed by atoms with E-state index in [2.05, 4.69) is 251 Å². The van der Waals surface area contributed by atoms with E-state index in [9.17, 15) is 0 Å². The number of para-hydroxylation sites is 4. The normalized spacial score (nSPS) is 12.1. The van der Waals surface area contributed by atoms with Gasteiger partial charge >= 0.3 is 0 Å². The minimum absolute atomic E-state index is 0.806. The molecule has 11 aromatic carbocycles. The van der Waals surface area contributed by atoms with Crippen LogP contribution in [0, 0.1) is 0 Å².